The van der Waals surface area contributed by atoms with E-state index in [0.717, 1.165) is 28.3 Å². The first-order valence-corrected chi connectivity index (χ1v) is 10.7. The number of allylic oxidation sites excluding steroid dienone is 4. The summed E-state index contributed by atoms with van der Waals surface area (Å²) < 4.78 is 0. The van der Waals surface area contributed by atoms with Crippen LogP contribution in [-0.4, -0.2) is 11.8 Å². The topological polar surface area (TPSA) is 37.4 Å². The molecule has 2 aliphatic rings. The van der Waals surface area contributed by atoms with Gasteiger partial charge in [-0.05, 0) is 58.3 Å². The lowest BCUT2D eigenvalue weighted by Gasteiger charge is -2.27. The number of imide groups is 1. The molecular formula is C29H19NO2. The zero-order chi connectivity index (χ0) is 21.7. The Morgan fingerprint density at radius 3 is 1.75 bits per heavy atom. The van der Waals surface area contributed by atoms with Crippen LogP contribution in [0.5, 0.6) is 0 Å². The quantitative estimate of drug-likeness (QED) is 0.353. The predicted octanol–water partition coefficient (Wildman–Crippen LogP) is 6.65. The van der Waals surface area contributed by atoms with Crippen molar-refractivity contribution in [2.24, 2.45) is 0 Å². The van der Waals surface area contributed by atoms with Crippen LogP contribution in [0, 0.1) is 0 Å². The molecule has 0 spiro atoms. The highest BCUT2D eigenvalue weighted by Gasteiger charge is 2.33. The van der Waals surface area contributed by atoms with Crippen LogP contribution in [0.1, 0.15) is 32.7 Å². The van der Waals surface area contributed by atoms with E-state index in [2.05, 4.69) is 42.5 Å². The minimum atomic E-state index is -0.283. The van der Waals surface area contributed by atoms with Crippen molar-refractivity contribution in [1.29, 1.82) is 0 Å². The zero-order valence-electron chi connectivity index (χ0n) is 17.3. The molecule has 152 valence electrons. The summed E-state index contributed by atoms with van der Waals surface area (Å²) in [5, 5.41) is 1.65. The minimum Gasteiger partial charge on any atom is -0.268 e. The Labute approximate surface area is 185 Å². The fraction of sp³-hybridized carbons (Fsp3) is 0.0345. The molecule has 0 unspecified atom stereocenters. The standard InChI is InChI=1S/C29H19NO2/c31-28-25-9-3-7-23-8-4-10-26(27(23)25)29(32)30(28)24-17-15-22(16-18-24)21-13-11-20(12-14-21)19-5-1-2-6-19/h1,3-18H,2H2. The van der Waals surface area contributed by atoms with E-state index in [1.807, 2.05) is 48.5 Å². The number of carbonyl (C=O) groups is 2. The molecule has 0 aromatic heterocycles. The van der Waals surface area contributed by atoms with E-state index in [1.165, 1.54) is 16.0 Å². The predicted molar refractivity (Wildman–Crippen MR) is 129 cm³/mol. The Bertz CT molecular complexity index is 1410. The van der Waals surface area contributed by atoms with E-state index >= 15 is 0 Å². The summed E-state index contributed by atoms with van der Waals surface area (Å²) in [4.78, 5) is 27.7. The minimum absolute atomic E-state index is 0.283. The molecule has 2 amide bonds. The molecule has 4 aromatic rings. The van der Waals surface area contributed by atoms with Crippen LogP contribution >= 0.6 is 0 Å². The Balaban J connectivity index is 1.33. The van der Waals surface area contributed by atoms with Gasteiger partial charge in [0.1, 0.15) is 0 Å². The third-order valence-electron chi connectivity index (χ3n) is 6.22. The highest BCUT2D eigenvalue weighted by molar-refractivity contribution is 6.35. The molecule has 4 aromatic carbocycles. The molecule has 0 saturated carbocycles. The van der Waals surface area contributed by atoms with Crippen molar-refractivity contribution in [3.63, 3.8) is 0 Å². The van der Waals surface area contributed by atoms with Gasteiger partial charge in [0.15, 0.2) is 0 Å². The molecule has 0 atom stereocenters. The van der Waals surface area contributed by atoms with Crippen LogP contribution in [0.3, 0.4) is 0 Å². The highest BCUT2D eigenvalue weighted by atomic mass is 16.2. The first kappa shape index (κ1) is 18.5. The average molecular weight is 413 g/mol. The molecule has 1 heterocycles. The Morgan fingerprint density at radius 1 is 0.625 bits per heavy atom. The maximum absolute atomic E-state index is 13.2. The molecule has 0 radical (unpaired) electrons. The molecular weight excluding hydrogens is 394 g/mol. The largest absolute Gasteiger partial charge is 0.268 e. The van der Waals surface area contributed by atoms with Crippen LogP contribution in [-0.2, 0) is 0 Å². The smallest absolute Gasteiger partial charge is 0.265 e. The van der Waals surface area contributed by atoms with E-state index in [4.69, 9.17) is 0 Å². The molecule has 32 heavy (non-hydrogen) atoms. The van der Waals surface area contributed by atoms with Crippen LogP contribution < -0.4 is 4.90 Å². The Morgan fingerprint density at radius 2 is 1.19 bits per heavy atom. The van der Waals surface area contributed by atoms with Crippen LogP contribution in [0.15, 0.2) is 103 Å². The van der Waals surface area contributed by atoms with E-state index < -0.39 is 0 Å². The molecule has 3 nitrogen and oxygen atoms in total. The summed E-state index contributed by atoms with van der Waals surface area (Å²) >= 11 is 0. The highest BCUT2D eigenvalue weighted by Crippen LogP contribution is 2.34. The fourth-order valence-electron chi connectivity index (χ4n) is 4.60. The van der Waals surface area contributed by atoms with E-state index in [-0.39, 0.29) is 11.8 Å². The van der Waals surface area contributed by atoms with Gasteiger partial charge in [-0.3, -0.25) is 9.59 Å². The molecule has 3 heteroatoms. The summed E-state index contributed by atoms with van der Waals surface area (Å²) in [6.07, 6.45) is 7.51. The van der Waals surface area contributed by atoms with Gasteiger partial charge in [0.05, 0.1) is 5.69 Å². The van der Waals surface area contributed by atoms with Crippen molar-refractivity contribution in [1.82, 2.24) is 0 Å². The first-order valence-electron chi connectivity index (χ1n) is 10.7. The molecule has 0 fully saturated rings. The monoisotopic (exact) mass is 413 g/mol. The van der Waals surface area contributed by atoms with Gasteiger partial charge in [-0.2, -0.15) is 0 Å². The van der Waals surface area contributed by atoms with Crippen molar-refractivity contribution in [2.75, 3.05) is 4.90 Å². The molecule has 0 saturated heterocycles. The molecule has 0 N–H and O–H groups in total. The van der Waals surface area contributed by atoms with Crippen molar-refractivity contribution in [3.05, 3.63) is 120 Å². The second-order valence-corrected chi connectivity index (χ2v) is 8.08. The van der Waals surface area contributed by atoms with Gasteiger partial charge >= 0.3 is 0 Å². The fourth-order valence-corrected chi connectivity index (χ4v) is 4.60. The van der Waals surface area contributed by atoms with Crippen LogP contribution in [0.4, 0.5) is 5.69 Å². The lowest BCUT2D eigenvalue weighted by atomic mass is 9.93. The van der Waals surface area contributed by atoms with Crippen LogP contribution in [0.2, 0.25) is 0 Å². The number of hydrogen-bond donors (Lipinski definition) is 0. The summed E-state index contributed by atoms with van der Waals surface area (Å²) in [5.41, 5.74) is 6.29. The van der Waals surface area contributed by atoms with Gasteiger partial charge in [0.2, 0.25) is 0 Å². The number of benzene rings is 4. The maximum atomic E-state index is 13.2. The lowest BCUT2D eigenvalue weighted by molar-refractivity contribution is 0.0893. The van der Waals surface area contributed by atoms with Gasteiger partial charge in [0.25, 0.3) is 11.8 Å². The van der Waals surface area contributed by atoms with Gasteiger partial charge in [0, 0.05) is 16.5 Å². The Hall–Kier alpha value is -4.24. The molecule has 1 aliphatic heterocycles. The average Bonchev–Trinajstić information content (AvgIpc) is 3.38. The summed E-state index contributed by atoms with van der Waals surface area (Å²) in [6.45, 7) is 0. The second kappa shape index (κ2) is 7.17. The van der Waals surface area contributed by atoms with E-state index in [9.17, 15) is 9.59 Å². The van der Waals surface area contributed by atoms with Gasteiger partial charge in [-0.25, -0.2) is 4.90 Å². The third kappa shape index (κ3) is 2.83. The van der Waals surface area contributed by atoms with Crippen molar-refractivity contribution in [2.45, 2.75) is 6.42 Å². The molecule has 1 aliphatic carbocycles. The Kier molecular flexibility index (Phi) is 4.15. The van der Waals surface area contributed by atoms with E-state index in [0.29, 0.717) is 16.8 Å². The normalized spacial score (nSPS) is 14.9. The SMILES string of the molecule is O=C1c2cccc3cccc(c23)C(=O)N1c1ccc(-c2ccc(C3=CCC=C3)cc2)cc1. The zero-order valence-corrected chi connectivity index (χ0v) is 17.3. The molecule has 6 rings (SSSR count). The lowest BCUT2D eigenvalue weighted by Crippen LogP contribution is -2.40. The first-order chi connectivity index (χ1) is 15.7. The third-order valence-corrected chi connectivity index (χ3v) is 6.22. The van der Waals surface area contributed by atoms with Crippen molar-refractivity contribution < 1.29 is 9.59 Å². The van der Waals surface area contributed by atoms with Gasteiger partial charge < -0.3 is 0 Å². The maximum Gasteiger partial charge on any atom is 0.265 e. The van der Waals surface area contributed by atoms with E-state index in [1.54, 1.807) is 12.1 Å². The van der Waals surface area contributed by atoms with Crippen LogP contribution in [0.25, 0.3) is 27.5 Å². The number of nitrogens with zero attached hydrogens (tertiary/aromatic N) is 1. The number of anilines is 1. The summed E-state index contributed by atoms with van der Waals surface area (Å²) in [7, 11) is 0. The number of hydrogen-bond acceptors (Lipinski definition) is 2. The summed E-state index contributed by atoms with van der Waals surface area (Å²) in [6, 6.07) is 27.2. The summed E-state index contributed by atoms with van der Waals surface area (Å²) in [5.74, 6) is -0.566. The number of carbonyl (C=O) groups excluding carboxylic acids is 2. The van der Waals surface area contributed by atoms with Gasteiger partial charge in [-0.15, -0.1) is 0 Å². The molecule has 0 bridgehead atoms. The second-order valence-electron chi connectivity index (χ2n) is 8.08. The number of amides is 2. The number of rotatable bonds is 3. The van der Waals surface area contributed by atoms with Gasteiger partial charge in [-0.1, -0.05) is 78.9 Å². The van der Waals surface area contributed by atoms with Crippen molar-refractivity contribution >= 4 is 33.8 Å². The van der Waals surface area contributed by atoms with Crippen molar-refractivity contribution in [3.8, 4) is 11.1 Å².